The molecule has 1 aromatic rings. The molecule has 116 valence electrons. The summed E-state index contributed by atoms with van der Waals surface area (Å²) in [6.07, 6.45) is 1.41. The van der Waals surface area contributed by atoms with Crippen molar-refractivity contribution in [1.29, 1.82) is 0 Å². The van der Waals surface area contributed by atoms with Gasteiger partial charge in [-0.05, 0) is 0 Å². The van der Waals surface area contributed by atoms with Gasteiger partial charge in [-0.15, -0.1) is 11.3 Å². The second-order valence-electron chi connectivity index (χ2n) is 5.05. The zero-order valence-corrected chi connectivity index (χ0v) is 12.8. The molecule has 7 nitrogen and oxygen atoms in total. The van der Waals surface area contributed by atoms with Gasteiger partial charge in [-0.2, -0.15) is 0 Å². The molecule has 0 aliphatic carbocycles. The van der Waals surface area contributed by atoms with Gasteiger partial charge in [0, 0.05) is 57.6 Å². The minimum absolute atomic E-state index is 0.0302. The minimum Gasteiger partial charge on any atom is -0.390 e. The highest BCUT2D eigenvalue weighted by Crippen LogP contribution is 2.11. The number of anilines is 1. The van der Waals surface area contributed by atoms with Gasteiger partial charge in [0.05, 0.1) is 6.10 Å². The molecule has 1 aliphatic heterocycles. The van der Waals surface area contributed by atoms with E-state index in [0.717, 1.165) is 0 Å². The van der Waals surface area contributed by atoms with Crippen molar-refractivity contribution in [2.75, 3.05) is 38.0 Å². The van der Waals surface area contributed by atoms with Crippen LogP contribution in [0, 0.1) is 0 Å². The summed E-state index contributed by atoms with van der Waals surface area (Å²) in [5.74, 6) is -0.121. The van der Waals surface area contributed by atoms with Gasteiger partial charge < -0.3 is 15.3 Å². The highest BCUT2D eigenvalue weighted by atomic mass is 32.1. The molecule has 0 aromatic carbocycles. The number of nitrogens with zero attached hydrogens (tertiary/aromatic N) is 3. The van der Waals surface area contributed by atoms with Crippen molar-refractivity contribution in [3.8, 4) is 0 Å². The lowest BCUT2D eigenvalue weighted by atomic mass is 10.3. The first-order chi connectivity index (χ1) is 10.0. The van der Waals surface area contributed by atoms with Crippen LogP contribution in [0.4, 0.5) is 5.13 Å². The van der Waals surface area contributed by atoms with Crippen LogP contribution in [0.2, 0.25) is 0 Å². The normalized spacial score (nSPS) is 20.1. The molecule has 1 aliphatic rings. The summed E-state index contributed by atoms with van der Waals surface area (Å²) in [4.78, 5) is 30.8. The van der Waals surface area contributed by atoms with Crippen LogP contribution in [0.5, 0.6) is 0 Å². The first kappa shape index (κ1) is 15.9. The molecule has 2 rings (SSSR count). The average molecular weight is 312 g/mol. The second kappa shape index (κ2) is 7.48. The summed E-state index contributed by atoms with van der Waals surface area (Å²) in [6, 6.07) is 0. The van der Waals surface area contributed by atoms with E-state index in [1.54, 1.807) is 16.5 Å². The van der Waals surface area contributed by atoms with Gasteiger partial charge in [0.2, 0.25) is 11.8 Å². The van der Waals surface area contributed by atoms with E-state index < -0.39 is 6.10 Å². The summed E-state index contributed by atoms with van der Waals surface area (Å²) in [5, 5.41) is 15.0. The maximum atomic E-state index is 11.8. The largest absolute Gasteiger partial charge is 0.390 e. The lowest BCUT2D eigenvalue weighted by molar-refractivity contribution is -0.129. The number of thiazole rings is 1. The Morgan fingerprint density at radius 2 is 2.29 bits per heavy atom. The van der Waals surface area contributed by atoms with Gasteiger partial charge in [-0.1, -0.05) is 0 Å². The van der Waals surface area contributed by atoms with Crippen LogP contribution >= 0.6 is 11.3 Å². The third kappa shape index (κ3) is 5.07. The van der Waals surface area contributed by atoms with Crippen LogP contribution in [0.15, 0.2) is 11.6 Å². The van der Waals surface area contributed by atoms with Gasteiger partial charge >= 0.3 is 0 Å². The number of hydrogen-bond donors (Lipinski definition) is 2. The summed E-state index contributed by atoms with van der Waals surface area (Å²) in [5.41, 5.74) is 0. The number of β-amino-alcohol motifs (C(OH)–C–C–N with tert-alkyl or cyclic N) is 1. The molecule has 21 heavy (non-hydrogen) atoms. The van der Waals surface area contributed by atoms with E-state index in [0.29, 0.717) is 44.3 Å². The van der Waals surface area contributed by atoms with Crippen molar-refractivity contribution in [3.05, 3.63) is 11.6 Å². The van der Waals surface area contributed by atoms with Gasteiger partial charge in [0.1, 0.15) is 0 Å². The third-order valence-corrected chi connectivity index (χ3v) is 4.05. The lowest BCUT2D eigenvalue weighted by Crippen LogP contribution is -2.36. The molecular weight excluding hydrogens is 292 g/mol. The number of aliphatic hydroxyl groups is 1. The number of rotatable bonds is 4. The summed E-state index contributed by atoms with van der Waals surface area (Å²) < 4.78 is 0. The van der Waals surface area contributed by atoms with Crippen LogP contribution in [-0.4, -0.2) is 70.5 Å². The first-order valence-corrected chi connectivity index (χ1v) is 7.78. The van der Waals surface area contributed by atoms with Gasteiger partial charge in [0.15, 0.2) is 5.13 Å². The smallest absolute Gasteiger partial charge is 0.227 e. The Morgan fingerprint density at radius 1 is 1.48 bits per heavy atom. The Morgan fingerprint density at radius 3 is 2.95 bits per heavy atom. The zero-order chi connectivity index (χ0) is 15.2. The Labute approximate surface area is 127 Å². The van der Waals surface area contributed by atoms with Crippen LogP contribution in [0.1, 0.15) is 13.3 Å². The van der Waals surface area contributed by atoms with Crippen LogP contribution in [0.25, 0.3) is 0 Å². The topological polar surface area (TPSA) is 85.8 Å². The molecule has 1 atom stereocenters. The van der Waals surface area contributed by atoms with Gasteiger partial charge in [0.25, 0.3) is 0 Å². The number of hydrogen-bond acceptors (Lipinski definition) is 6. The monoisotopic (exact) mass is 312 g/mol. The fourth-order valence-electron chi connectivity index (χ4n) is 2.27. The Bertz CT molecular complexity index is 480. The standard InChI is InChI=1S/C13H20N4O3S/c1-10(18)17-6-5-16(8-11(19)9-17)4-2-12(20)15-13-14-3-7-21-13/h3,7,11,19H,2,4-6,8-9H2,1H3,(H,14,15,20)/t11-/m1/s1. The maximum Gasteiger partial charge on any atom is 0.227 e. The Hall–Kier alpha value is -1.51. The van der Waals surface area contributed by atoms with E-state index in [-0.39, 0.29) is 11.8 Å². The van der Waals surface area contributed by atoms with Crippen molar-refractivity contribution in [2.45, 2.75) is 19.4 Å². The average Bonchev–Trinajstić information content (AvgIpc) is 2.84. The van der Waals surface area contributed by atoms with Gasteiger partial charge in [-0.25, -0.2) is 4.98 Å². The van der Waals surface area contributed by atoms with Crippen molar-refractivity contribution >= 4 is 28.3 Å². The summed E-state index contributed by atoms with van der Waals surface area (Å²) >= 11 is 1.38. The third-order valence-electron chi connectivity index (χ3n) is 3.37. The molecule has 0 bridgehead atoms. The molecule has 8 heteroatoms. The molecule has 2 amide bonds. The fraction of sp³-hybridized carbons (Fsp3) is 0.615. The Balaban J connectivity index is 1.77. The van der Waals surface area contributed by atoms with Gasteiger partial charge in [-0.3, -0.25) is 14.5 Å². The van der Waals surface area contributed by atoms with Crippen molar-refractivity contribution in [3.63, 3.8) is 0 Å². The molecule has 0 unspecified atom stereocenters. The molecule has 0 radical (unpaired) electrons. The molecule has 2 N–H and O–H groups in total. The molecule has 1 aromatic heterocycles. The molecule has 1 saturated heterocycles. The van der Waals surface area contributed by atoms with E-state index in [2.05, 4.69) is 10.3 Å². The summed E-state index contributed by atoms with van der Waals surface area (Å²) in [7, 11) is 0. The number of carbonyl (C=O) groups excluding carboxylic acids is 2. The number of aromatic nitrogens is 1. The molecule has 0 spiro atoms. The number of carbonyl (C=O) groups is 2. The molecule has 1 fully saturated rings. The second-order valence-corrected chi connectivity index (χ2v) is 5.95. The van der Waals surface area contributed by atoms with Crippen LogP contribution in [0.3, 0.4) is 0 Å². The molecular formula is C13H20N4O3S. The molecule has 2 heterocycles. The predicted octanol–water partition coefficient (Wildman–Crippen LogP) is -0.00330. The number of amides is 2. The quantitative estimate of drug-likeness (QED) is 0.817. The number of aliphatic hydroxyl groups excluding tert-OH is 1. The van der Waals surface area contributed by atoms with Crippen LogP contribution < -0.4 is 5.32 Å². The fourth-order valence-corrected chi connectivity index (χ4v) is 2.82. The SMILES string of the molecule is CC(=O)N1CCN(CCC(=O)Nc2nccs2)C[C@@H](O)C1. The van der Waals surface area contributed by atoms with Crippen molar-refractivity contribution in [1.82, 2.24) is 14.8 Å². The van der Waals surface area contributed by atoms with E-state index in [1.165, 1.54) is 18.3 Å². The van der Waals surface area contributed by atoms with Crippen molar-refractivity contribution < 1.29 is 14.7 Å². The van der Waals surface area contributed by atoms with Crippen LogP contribution in [-0.2, 0) is 9.59 Å². The highest BCUT2D eigenvalue weighted by Gasteiger charge is 2.22. The predicted molar refractivity (Wildman–Crippen MR) is 80.1 cm³/mol. The van der Waals surface area contributed by atoms with E-state index in [4.69, 9.17) is 0 Å². The maximum absolute atomic E-state index is 11.8. The zero-order valence-electron chi connectivity index (χ0n) is 12.0. The first-order valence-electron chi connectivity index (χ1n) is 6.90. The van der Waals surface area contributed by atoms with E-state index in [9.17, 15) is 14.7 Å². The Kier molecular flexibility index (Phi) is 5.66. The van der Waals surface area contributed by atoms with Crippen molar-refractivity contribution in [2.24, 2.45) is 0 Å². The van der Waals surface area contributed by atoms with E-state index >= 15 is 0 Å². The minimum atomic E-state index is -0.571. The lowest BCUT2D eigenvalue weighted by Gasteiger charge is -2.20. The number of nitrogens with one attached hydrogen (secondary N) is 1. The van der Waals surface area contributed by atoms with E-state index in [1.807, 2.05) is 4.90 Å². The summed E-state index contributed by atoms with van der Waals surface area (Å²) in [6.45, 7) is 4.15. The molecule has 0 saturated carbocycles. The highest BCUT2D eigenvalue weighted by molar-refractivity contribution is 7.13.